The molecule has 1 heterocycles. The minimum atomic E-state index is -0.785. The van der Waals surface area contributed by atoms with E-state index in [1.165, 1.54) is 0 Å². The molecule has 5 heteroatoms. The fourth-order valence-electron chi connectivity index (χ4n) is 2.68. The van der Waals surface area contributed by atoms with Gasteiger partial charge in [-0.05, 0) is 38.1 Å². The molecular formula is C14H26N2O3. The van der Waals surface area contributed by atoms with Gasteiger partial charge in [0, 0.05) is 19.5 Å². The van der Waals surface area contributed by atoms with Crippen molar-refractivity contribution in [1.82, 2.24) is 4.90 Å². The normalized spacial score (nSPS) is 21.2. The number of piperidine rings is 1. The SMILES string of the molecule is CCC(CCN)CCC(=O)N1CCC[C@@H](C(=O)O)C1. The van der Waals surface area contributed by atoms with E-state index in [2.05, 4.69) is 6.92 Å². The second-order valence-electron chi connectivity index (χ2n) is 5.41. The Balaban J connectivity index is 2.38. The third-order valence-corrected chi connectivity index (χ3v) is 4.04. The molecule has 1 amide bonds. The number of carbonyl (C=O) groups excluding carboxylic acids is 1. The summed E-state index contributed by atoms with van der Waals surface area (Å²) in [6, 6.07) is 0. The molecule has 110 valence electrons. The highest BCUT2D eigenvalue weighted by atomic mass is 16.4. The largest absolute Gasteiger partial charge is 0.481 e. The molecule has 0 saturated carbocycles. The van der Waals surface area contributed by atoms with Crippen LogP contribution in [0.25, 0.3) is 0 Å². The molecule has 0 bridgehead atoms. The van der Waals surface area contributed by atoms with Gasteiger partial charge in [-0.2, -0.15) is 0 Å². The van der Waals surface area contributed by atoms with E-state index in [4.69, 9.17) is 10.8 Å². The van der Waals surface area contributed by atoms with Crippen LogP contribution in [-0.2, 0) is 9.59 Å². The Morgan fingerprint density at radius 1 is 1.42 bits per heavy atom. The lowest BCUT2D eigenvalue weighted by atomic mass is 9.95. The van der Waals surface area contributed by atoms with Crippen LogP contribution in [0.3, 0.4) is 0 Å². The van der Waals surface area contributed by atoms with Gasteiger partial charge in [0.2, 0.25) is 5.91 Å². The molecular weight excluding hydrogens is 244 g/mol. The van der Waals surface area contributed by atoms with Crippen LogP contribution in [0.4, 0.5) is 0 Å². The quantitative estimate of drug-likeness (QED) is 0.733. The number of aliphatic carboxylic acids is 1. The molecule has 1 aliphatic rings. The Bertz CT molecular complexity index is 307. The van der Waals surface area contributed by atoms with Crippen LogP contribution >= 0.6 is 0 Å². The first kappa shape index (κ1) is 16.0. The van der Waals surface area contributed by atoms with E-state index >= 15 is 0 Å². The van der Waals surface area contributed by atoms with Gasteiger partial charge < -0.3 is 15.7 Å². The van der Waals surface area contributed by atoms with Crippen LogP contribution in [0, 0.1) is 11.8 Å². The van der Waals surface area contributed by atoms with Crippen molar-refractivity contribution < 1.29 is 14.7 Å². The van der Waals surface area contributed by atoms with Crippen LogP contribution in [0.5, 0.6) is 0 Å². The summed E-state index contributed by atoms with van der Waals surface area (Å²) < 4.78 is 0. The van der Waals surface area contributed by atoms with E-state index in [1.807, 2.05) is 0 Å². The Kier molecular flexibility index (Phi) is 6.84. The van der Waals surface area contributed by atoms with Crippen molar-refractivity contribution in [2.75, 3.05) is 19.6 Å². The molecule has 1 aliphatic heterocycles. The molecule has 0 aliphatic carbocycles. The van der Waals surface area contributed by atoms with Gasteiger partial charge in [0.1, 0.15) is 0 Å². The Hall–Kier alpha value is -1.10. The van der Waals surface area contributed by atoms with Crippen molar-refractivity contribution in [3.8, 4) is 0 Å². The van der Waals surface area contributed by atoms with Gasteiger partial charge in [-0.1, -0.05) is 13.3 Å². The fourth-order valence-corrected chi connectivity index (χ4v) is 2.68. The summed E-state index contributed by atoms with van der Waals surface area (Å²) >= 11 is 0. The first-order chi connectivity index (χ1) is 9.08. The molecule has 1 saturated heterocycles. The van der Waals surface area contributed by atoms with Crippen molar-refractivity contribution in [1.29, 1.82) is 0 Å². The zero-order valence-electron chi connectivity index (χ0n) is 11.8. The summed E-state index contributed by atoms with van der Waals surface area (Å²) in [6.07, 6.45) is 4.86. The van der Waals surface area contributed by atoms with Crippen LogP contribution in [0.1, 0.15) is 45.4 Å². The van der Waals surface area contributed by atoms with E-state index in [0.29, 0.717) is 38.4 Å². The topological polar surface area (TPSA) is 83.6 Å². The number of carbonyl (C=O) groups is 2. The number of amides is 1. The highest BCUT2D eigenvalue weighted by molar-refractivity contribution is 5.78. The second-order valence-corrected chi connectivity index (χ2v) is 5.41. The fraction of sp³-hybridized carbons (Fsp3) is 0.857. The van der Waals surface area contributed by atoms with E-state index in [9.17, 15) is 9.59 Å². The summed E-state index contributed by atoms with van der Waals surface area (Å²) in [7, 11) is 0. The summed E-state index contributed by atoms with van der Waals surface area (Å²) in [5.41, 5.74) is 5.55. The molecule has 0 radical (unpaired) electrons. The van der Waals surface area contributed by atoms with Crippen LogP contribution in [0.15, 0.2) is 0 Å². The number of hydrogen-bond acceptors (Lipinski definition) is 3. The maximum Gasteiger partial charge on any atom is 0.308 e. The number of carboxylic acids is 1. The number of nitrogens with zero attached hydrogens (tertiary/aromatic N) is 1. The molecule has 0 aromatic heterocycles. The summed E-state index contributed by atoms with van der Waals surface area (Å²) in [5.74, 6) is -0.564. The van der Waals surface area contributed by atoms with Gasteiger partial charge in [0.05, 0.1) is 5.92 Å². The molecule has 19 heavy (non-hydrogen) atoms. The van der Waals surface area contributed by atoms with Crippen LogP contribution < -0.4 is 5.73 Å². The van der Waals surface area contributed by atoms with Gasteiger partial charge in [-0.3, -0.25) is 9.59 Å². The smallest absolute Gasteiger partial charge is 0.308 e. The van der Waals surface area contributed by atoms with Gasteiger partial charge in [0.15, 0.2) is 0 Å². The third kappa shape index (κ3) is 5.19. The Morgan fingerprint density at radius 2 is 2.16 bits per heavy atom. The first-order valence-corrected chi connectivity index (χ1v) is 7.29. The van der Waals surface area contributed by atoms with Crippen molar-refractivity contribution in [2.45, 2.75) is 45.4 Å². The van der Waals surface area contributed by atoms with Crippen molar-refractivity contribution in [3.63, 3.8) is 0 Å². The maximum absolute atomic E-state index is 12.1. The van der Waals surface area contributed by atoms with Crippen LogP contribution in [0.2, 0.25) is 0 Å². The number of hydrogen-bond donors (Lipinski definition) is 2. The average molecular weight is 270 g/mol. The molecule has 1 rings (SSSR count). The standard InChI is InChI=1S/C14H26N2O3/c1-2-11(7-8-15)5-6-13(17)16-9-3-4-12(10-16)14(18)19/h11-12H,2-10,15H2,1H3,(H,18,19)/t11?,12-/m1/s1. The summed E-state index contributed by atoms with van der Waals surface area (Å²) in [6.45, 7) is 3.86. The molecule has 0 spiro atoms. The predicted molar refractivity (Wildman–Crippen MR) is 73.6 cm³/mol. The minimum Gasteiger partial charge on any atom is -0.481 e. The maximum atomic E-state index is 12.1. The third-order valence-electron chi connectivity index (χ3n) is 4.04. The Morgan fingerprint density at radius 3 is 2.74 bits per heavy atom. The van der Waals surface area contributed by atoms with Crippen molar-refractivity contribution >= 4 is 11.9 Å². The zero-order chi connectivity index (χ0) is 14.3. The number of nitrogens with two attached hydrogens (primary N) is 1. The number of carboxylic acid groups (broad SMARTS) is 1. The predicted octanol–water partition coefficient (Wildman–Crippen LogP) is 1.46. The number of rotatable bonds is 7. The summed E-state index contributed by atoms with van der Waals surface area (Å²) in [5, 5.41) is 9.01. The van der Waals surface area contributed by atoms with Gasteiger partial charge in [0.25, 0.3) is 0 Å². The molecule has 0 aromatic rings. The zero-order valence-corrected chi connectivity index (χ0v) is 11.8. The lowest BCUT2D eigenvalue weighted by Gasteiger charge is -2.31. The molecule has 3 N–H and O–H groups in total. The van der Waals surface area contributed by atoms with Gasteiger partial charge in [-0.25, -0.2) is 0 Å². The molecule has 1 unspecified atom stereocenters. The molecule has 5 nitrogen and oxygen atoms in total. The lowest BCUT2D eigenvalue weighted by molar-refractivity contribution is -0.145. The first-order valence-electron chi connectivity index (χ1n) is 7.29. The second kappa shape index (κ2) is 8.15. The lowest BCUT2D eigenvalue weighted by Crippen LogP contribution is -2.42. The number of likely N-dealkylation sites (tertiary alicyclic amines) is 1. The van der Waals surface area contributed by atoms with Gasteiger partial charge in [-0.15, -0.1) is 0 Å². The average Bonchev–Trinajstić information content (AvgIpc) is 2.43. The summed E-state index contributed by atoms with van der Waals surface area (Å²) in [4.78, 5) is 24.8. The van der Waals surface area contributed by atoms with Crippen molar-refractivity contribution in [3.05, 3.63) is 0 Å². The minimum absolute atomic E-state index is 0.0985. The van der Waals surface area contributed by atoms with Crippen LogP contribution in [-0.4, -0.2) is 41.5 Å². The highest BCUT2D eigenvalue weighted by Crippen LogP contribution is 2.20. The van der Waals surface area contributed by atoms with E-state index in [-0.39, 0.29) is 11.8 Å². The Labute approximate surface area is 115 Å². The highest BCUT2D eigenvalue weighted by Gasteiger charge is 2.27. The van der Waals surface area contributed by atoms with E-state index in [1.54, 1.807) is 4.90 Å². The molecule has 1 fully saturated rings. The molecule has 2 atom stereocenters. The van der Waals surface area contributed by atoms with Crippen molar-refractivity contribution in [2.24, 2.45) is 17.6 Å². The molecule has 0 aromatic carbocycles. The van der Waals surface area contributed by atoms with E-state index < -0.39 is 5.97 Å². The van der Waals surface area contributed by atoms with E-state index in [0.717, 1.165) is 25.7 Å². The van der Waals surface area contributed by atoms with Gasteiger partial charge >= 0.3 is 5.97 Å². The monoisotopic (exact) mass is 270 g/mol.